The van der Waals surface area contributed by atoms with Crippen molar-refractivity contribution in [2.24, 2.45) is 0 Å². The topological polar surface area (TPSA) is 83.5 Å². The molecule has 1 aliphatic heterocycles. The largest absolute Gasteiger partial charge is 0.326 e. The van der Waals surface area contributed by atoms with E-state index in [4.69, 9.17) is 0 Å². The standard InChI is InChI=1S/C21H23FN2O4S/c22-17-9-7-16(8-10-17)20(25)11-12-21(26)23-18-5-4-6-19(15-18)29(27,28)24-13-2-1-3-14-24/h4-10,15H,1-3,11-14H2,(H,23,26). The van der Waals surface area contributed by atoms with Crippen molar-refractivity contribution >= 4 is 27.4 Å². The average molecular weight is 418 g/mol. The van der Waals surface area contributed by atoms with E-state index in [-0.39, 0.29) is 23.5 Å². The molecule has 3 rings (SSSR count). The van der Waals surface area contributed by atoms with Crippen molar-refractivity contribution in [1.82, 2.24) is 4.31 Å². The molecule has 1 aliphatic rings. The number of nitrogens with one attached hydrogen (secondary N) is 1. The molecule has 1 heterocycles. The number of nitrogens with zero attached hydrogens (tertiary/aromatic N) is 1. The molecule has 2 aromatic carbocycles. The van der Waals surface area contributed by atoms with E-state index in [1.54, 1.807) is 12.1 Å². The van der Waals surface area contributed by atoms with Gasteiger partial charge in [-0.3, -0.25) is 9.59 Å². The molecule has 0 bridgehead atoms. The maximum atomic E-state index is 12.9. The fourth-order valence-electron chi connectivity index (χ4n) is 3.22. The quantitative estimate of drug-likeness (QED) is 0.697. The number of piperidine rings is 1. The first-order chi connectivity index (χ1) is 13.9. The minimum Gasteiger partial charge on any atom is -0.326 e. The van der Waals surface area contributed by atoms with Gasteiger partial charge < -0.3 is 5.32 Å². The SMILES string of the molecule is O=C(CCC(=O)c1ccc(F)cc1)Nc1cccc(S(=O)(=O)N2CCCCC2)c1. The van der Waals surface area contributed by atoms with Gasteiger partial charge in [0.1, 0.15) is 5.82 Å². The summed E-state index contributed by atoms with van der Waals surface area (Å²) in [6, 6.07) is 11.3. The summed E-state index contributed by atoms with van der Waals surface area (Å²) in [7, 11) is -3.59. The second-order valence-electron chi connectivity index (χ2n) is 6.97. The summed E-state index contributed by atoms with van der Waals surface area (Å²) in [6.07, 6.45) is 2.64. The van der Waals surface area contributed by atoms with Gasteiger partial charge in [0.2, 0.25) is 15.9 Å². The van der Waals surface area contributed by atoms with Crippen LogP contribution in [0, 0.1) is 5.82 Å². The van der Waals surface area contributed by atoms with Crippen LogP contribution in [0.3, 0.4) is 0 Å². The molecule has 29 heavy (non-hydrogen) atoms. The summed E-state index contributed by atoms with van der Waals surface area (Å²) in [5.41, 5.74) is 0.705. The highest BCUT2D eigenvalue weighted by atomic mass is 32.2. The van der Waals surface area contributed by atoms with Gasteiger partial charge in [-0.2, -0.15) is 4.31 Å². The van der Waals surface area contributed by atoms with Gasteiger partial charge in [0.25, 0.3) is 0 Å². The highest BCUT2D eigenvalue weighted by Gasteiger charge is 2.26. The van der Waals surface area contributed by atoms with E-state index in [1.807, 2.05) is 0 Å². The second kappa shape index (κ2) is 9.28. The molecule has 8 heteroatoms. The zero-order chi connectivity index (χ0) is 20.9. The molecular formula is C21H23FN2O4S. The molecule has 0 spiro atoms. The van der Waals surface area contributed by atoms with Gasteiger partial charge >= 0.3 is 0 Å². The molecule has 1 saturated heterocycles. The highest BCUT2D eigenvalue weighted by Crippen LogP contribution is 2.23. The van der Waals surface area contributed by atoms with Gasteiger partial charge in [-0.05, 0) is 55.3 Å². The maximum absolute atomic E-state index is 12.9. The van der Waals surface area contributed by atoms with Crippen molar-refractivity contribution in [2.45, 2.75) is 37.0 Å². The first-order valence-corrected chi connectivity index (χ1v) is 11.0. The lowest BCUT2D eigenvalue weighted by atomic mass is 10.1. The zero-order valence-electron chi connectivity index (χ0n) is 15.9. The first kappa shape index (κ1) is 21.1. The molecule has 2 aromatic rings. The number of amides is 1. The number of ketones is 1. The summed E-state index contributed by atoms with van der Waals surface area (Å²) in [5, 5.41) is 2.64. The van der Waals surface area contributed by atoms with Crippen molar-refractivity contribution in [3.05, 3.63) is 59.9 Å². The Labute approximate surface area is 169 Å². The van der Waals surface area contributed by atoms with Gasteiger partial charge in [0.05, 0.1) is 4.90 Å². The number of halogens is 1. The van der Waals surface area contributed by atoms with Gasteiger partial charge in [-0.15, -0.1) is 0 Å². The van der Waals surface area contributed by atoms with Gasteiger partial charge in [-0.25, -0.2) is 12.8 Å². The lowest BCUT2D eigenvalue weighted by molar-refractivity contribution is -0.116. The van der Waals surface area contributed by atoms with Crippen LogP contribution in [-0.2, 0) is 14.8 Å². The minimum absolute atomic E-state index is 0.0246. The Balaban J connectivity index is 1.60. The van der Waals surface area contributed by atoms with E-state index in [2.05, 4.69) is 5.32 Å². The Morgan fingerprint density at radius 1 is 0.966 bits per heavy atom. The van der Waals surface area contributed by atoms with Gasteiger partial charge in [-0.1, -0.05) is 12.5 Å². The number of sulfonamides is 1. The van der Waals surface area contributed by atoms with Gasteiger partial charge in [0.15, 0.2) is 5.78 Å². The maximum Gasteiger partial charge on any atom is 0.243 e. The normalized spacial score (nSPS) is 15.1. The van der Waals surface area contributed by atoms with Crippen molar-refractivity contribution in [3.8, 4) is 0 Å². The van der Waals surface area contributed by atoms with Crippen LogP contribution in [0.1, 0.15) is 42.5 Å². The smallest absolute Gasteiger partial charge is 0.243 e. The number of carbonyl (C=O) groups excluding carboxylic acids is 2. The molecule has 0 radical (unpaired) electrons. The van der Waals surface area contributed by atoms with E-state index >= 15 is 0 Å². The number of benzene rings is 2. The number of Topliss-reactive ketones (excluding diaryl/α,β-unsaturated/α-hetero) is 1. The number of anilines is 1. The molecule has 0 aliphatic carbocycles. The van der Waals surface area contributed by atoms with Crippen molar-refractivity contribution < 1.29 is 22.4 Å². The van der Waals surface area contributed by atoms with Crippen molar-refractivity contribution in [3.63, 3.8) is 0 Å². The molecule has 0 atom stereocenters. The van der Waals surface area contributed by atoms with Crippen LogP contribution in [0.15, 0.2) is 53.4 Å². The fraction of sp³-hybridized carbons (Fsp3) is 0.333. The Hall–Kier alpha value is -2.58. The predicted molar refractivity (Wildman–Crippen MR) is 108 cm³/mol. The summed E-state index contributed by atoms with van der Waals surface area (Å²) >= 11 is 0. The number of hydrogen-bond donors (Lipinski definition) is 1. The van der Waals surface area contributed by atoms with Crippen LogP contribution in [0.2, 0.25) is 0 Å². The van der Waals surface area contributed by atoms with Crippen LogP contribution in [0.25, 0.3) is 0 Å². The predicted octanol–water partition coefficient (Wildman–Crippen LogP) is 3.60. The minimum atomic E-state index is -3.59. The monoisotopic (exact) mass is 418 g/mol. The van der Waals surface area contributed by atoms with E-state index < -0.39 is 21.7 Å². The summed E-state index contributed by atoms with van der Waals surface area (Å²) in [6.45, 7) is 1.01. The lowest BCUT2D eigenvalue weighted by Gasteiger charge is -2.26. The van der Waals surface area contributed by atoms with Crippen LogP contribution in [-0.4, -0.2) is 37.5 Å². The third-order valence-corrected chi connectivity index (χ3v) is 6.71. The molecule has 6 nitrogen and oxygen atoms in total. The summed E-state index contributed by atoms with van der Waals surface area (Å²) < 4.78 is 39.9. The first-order valence-electron chi connectivity index (χ1n) is 9.55. The molecule has 0 aromatic heterocycles. The molecule has 1 amide bonds. The Morgan fingerprint density at radius 3 is 2.34 bits per heavy atom. The molecule has 1 fully saturated rings. The average Bonchev–Trinajstić information content (AvgIpc) is 2.73. The van der Waals surface area contributed by atoms with E-state index in [0.29, 0.717) is 24.3 Å². The molecule has 154 valence electrons. The number of carbonyl (C=O) groups is 2. The van der Waals surface area contributed by atoms with Crippen molar-refractivity contribution in [2.75, 3.05) is 18.4 Å². The van der Waals surface area contributed by atoms with Crippen LogP contribution >= 0.6 is 0 Å². The lowest BCUT2D eigenvalue weighted by Crippen LogP contribution is -2.35. The molecule has 0 unspecified atom stereocenters. The highest BCUT2D eigenvalue weighted by molar-refractivity contribution is 7.89. The molecule has 0 saturated carbocycles. The number of hydrogen-bond acceptors (Lipinski definition) is 4. The van der Waals surface area contributed by atoms with E-state index in [1.165, 1.54) is 40.7 Å². The summed E-state index contributed by atoms with van der Waals surface area (Å²) in [4.78, 5) is 24.4. The zero-order valence-corrected chi connectivity index (χ0v) is 16.8. The third kappa shape index (κ3) is 5.48. The molecule has 1 N–H and O–H groups in total. The van der Waals surface area contributed by atoms with Gasteiger partial charge in [0, 0.05) is 37.2 Å². The summed E-state index contributed by atoms with van der Waals surface area (Å²) in [5.74, 6) is -1.09. The Kier molecular flexibility index (Phi) is 6.76. The fourth-order valence-corrected chi connectivity index (χ4v) is 4.78. The van der Waals surface area contributed by atoms with Crippen LogP contribution in [0.5, 0.6) is 0 Å². The Morgan fingerprint density at radius 2 is 1.66 bits per heavy atom. The van der Waals surface area contributed by atoms with E-state index in [0.717, 1.165) is 19.3 Å². The number of rotatable bonds is 7. The molecular weight excluding hydrogens is 395 g/mol. The third-order valence-electron chi connectivity index (χ3n) is 4.82. The van der Waals surface area contributed by atoms with Crippen LogP contribution in [0.4, 0.5) is 10.1 Å². The Bertz CT molecular complexity index is 984. The second-order valence-corrected chi connectivity index (χ2v) is 8.91. The van der Waals surface area contributed by atoms with E-state index in [9.17, 15) is 22.4 Å². The van der Waals surface area contributed by atoms with Crippen molar-refractivity contribution in [1.29, 1.82) is 0 Å². The van der Waals surface area contributed by atoms with Crippen LogP contribution < -0.4 is 5.32 Å².